The standard InChI is InChI=1S/C7H7N3O2/c1-2-5-9-4(3-8)6(10-5)7(11)12/h2H2,1H3,(H,9,10)(H,11,12). The largest absolute Gasteiger partial charge is 0.476 e. The molecule has 0 radical (unpaired) electrons. The Balaban J connectivity index is 3.19. The van der Waals surface area contributed by atoms with E-state index in [0.717, 1.165) is 0 Å². The van der Waals surface area contributed by atoms with Crippen molar-refractivity contribution in [3.63, 3.8) is 0 Å². The zero-order chi connectivity index (χ0) is 9.14. The normalized spacial score (nSPS) is 9.33. The minimum absolute atomic E-state index is 0.0562. The van der Waals surface area contributed by atoms with Gasteiger partial charge in [0.05, 0.1) is 0 Å². The molecule has 1 aromatic heterocycles. The summed E-state index contributed by atoms with van der Waals surface area (Å²) < 4.78 is 0. The van der Waals surface area contributed by atoms with Gasteiger partial charge in [-0.05, 0) is 0 Å². The summed E-state index contributed by atoms with van der Waals surface area (Å²) in [5.74, 6) is -0.636. The number of nitrogens with zero attached hydrogens (tertiary/aromatic N) is 2. The number of nitrogens with one attached hydrogen (secondary N) is 1. The third-order valence-corrected chi connectivity index (χ3v) is 1.41. The van der Waals surface area contributed by atoms with Crippen molar-refractivity contribution >= 4 is 5.97 Å². The number of H-pyrrole nitrogens is 1. The molecule has 0 aromatic carbocycles. The Morgan fingerprint density at radius 2 is 2.50 bits per heavy atom. The number of hydrogen-bond donors (Lipinski definition) is 2. The van der Waals surface area contributed by atoms with Gasteiger partial charge in [0.25, 0.3) is 0 Å². The lowest BCUT2D eigenvalue weighted by molar-refractivity contribution is 0.0690. The molecule has 1 aromatic rings. The maximum atomic E-state index is 10.5. The Morgan fingerprint density at radius 3 is 2.83 bits per heavy atom. The molecular weight excluding hydrogens is 158 g/mol. The second-order valence-corrected chi connectivity index (χ2v) is 2.18. The average molecular weight is 165 g/mol. The summed E-state index contributed by atoms with van der Waals surface area (Å²) in [6, 6.07) is 1.71. The zero-order valence-electron chi connectivity index (χ0n) is 6.46. The SMILES string of the molecule is CCc1nc(C#N)c(C(=O)O)[nH]1. The van der Waals surface area contributed by atoms with Crippen molar-refractivity contribution in [1.29, 1.82) is 5.26 Å². The topological polar surface area (TPSA) is 89.8 Å². The Hall–Kier alpha value is -1.83. The predicted octanol–water partition coefficient (Wildman–Crippen LogP) is 0.542. The Kier molecular flexibility index (Phi) is 2.10. The van der Waals surface area contributed by atoms with Crippen molar-refractivity contribution in [1.82, 2.24) is 9.97 Å². The summed E-state index contributed by atoms with van der Waals surface area (Å²) in [5, 5.41) is 17.1. The highest BCUT2D eigenvalue weighted by molar-refractivity contribution is 5.87. The van der Waals surface area contributed by atoms with E-state index < -0.39 is 5.97 Å². The summed E-state index contributed by atoms with van der Waals surface area (Å²) in [7, 11) is 0. The monoisotopic (exact) mass is 165 g/mol. The van der Waals surface area contributed by atoms with Crippen LogP contribution in [0.5, 0.6) is 0 Å². The van der Waals surface area contributed by atoms with Gasteiger partial charge in [-0.3, -0.25) is 0 Å². The molecule has 2 N–H and O–H groups in total. The number of aromatic nitrogens is 2. The molecule has 12 heavy (non-hydrogen) atoms. The number of aryl methyl sites for hydroxylation is 1. The molecule has 0 amide bonds. The van der Waals surface area contributed by atoms with Crippen LogP contribution in [0.2, 0.25) is 0 Å². The van der Waals surface area contributed by atoms with E-state index in [0.29, 0.717) is 12.2 Å². The maximum absolute atomic E-state index is 10.5. The molecule has 0 aliphatic carbocycles. The zero-order valence-corrected chi connectivity index (χ0v) is 6.46. The van der Waals surface area contributed by atoms with Gasteiger partial charge in [-0.1, -0.05) is 6.92 Å². The third-order valence-electron chi connectivity index (χ3n) is 1.41. The fourth-order valence-corrected chi connectivity index (χ4v) is 0.825. The van der Waals surface area contributed by atoms with Crippen LogP contribution >= 0.6 is 0 Å². The highest BCUT2D eigenvalue weighted by Gasteiger charge is 2.14. The number of aromatic amines is 1. The van der Waals surface area contributed by atoms with E-state index in [9.17, 15) is 4.79 Å². The summed E-state index contributed by atoms with van der Waals surface area (Å²) in [6.45, 7) is 1.83. The lowest BCUT2D eigenvalue weighted by Crippen LogP contribution is -1.99. The highest BCUT2D eigenvalue weighted by atomic mass is 16.4. The molecule has 0 spiro atoms. The van der Waals surface area contributed by atoms with Crippen LogP contribution in [0.3, 0.4) is 0 Å². The minimum atomic E-state index is -1.15. The number of nitriles is 1. The van der Waals surface area contributed by atoms with Gasteiger partial charge in [0.15, 0.2) is 11.4 Å². The third kappa shape index (κ3) is 1.27. The van der Waals surface area contributed by atoms with E-state index in [-0.39, 0.29) is 11.4 Å². The Labute approximate surface area is 68.7 Å². The number of rotatable bonds is 2. The van der Waals surface area contributed by atoms with Gasteiger partial charge in [-0.25, -0.2) is 9.78 Å². The molecule has 0 saturated heterocycles. The predicted molar refractivity (Wildman–Crippen MR) is 39.6 cm³/mol. The van der Waals surface area contributed by atoms with E-state index in [1.807, 2.05) is 6.92 Å². The first kappa shape index (κ1) is 8.27. The fraction of sp³-hybridized carbons (Fsp3) is 0.286. The van der Waals surface area contributed by atoms with E-state index in [1.165, 1.54) is 0 Å². The molecule has 0 saturated carbocycles. The van der Waals surface area contributed by atoms with Crippen LogP contribution in [0.4, 0.5) is 0 Å². The minimum Gasteiger partial charge on any atom is -0.476 e. The van der Waals surface area contributed by atoms with Crippen LogP contribution in [0.25, 0.3) is 0 Å². The van der Waals surface area contributed by atoms with Crippen molar-refractivity contribution in [2.45, 2.75) is 13.3 Å². The fourth-order valence-electron chi connectivity index (χ4n) is 0.825. The first-order valence-electron chi connectivity index (χ1n) is 3.41. The van der Waals surface area contributed by atoms with E-state index in [4.69, 9.17) is 10.4 Å². The molecule has 1 rings (SSSR count). The van der Waals surface area contributed by atoms with Crippen molar-refractivity contribution in [3.8, 4) is 6.07 Å². The second kappa shape index (κ2) is 3.05. The molecule has 0 bridgehead atoms. The van der Waals surface area contributed by atoms with Gasteiger partial charge in [-0.15, -0.1) is 0 Å². The van der Waals surface area contributed by atoms with Gasteiger partial charge in [0.1, 0.15) is 11.9 Å². The van der Waals surface area contributed by atoms with Crippen LogP contribution in [-0.4, -0.2) is 21.0 Å². The van der Waals surface area contributed by atoms with Crippen molar-refractivity contribution in [3.05, 3.63) is 17.2 Å². The first-order chi connectivity index (χ1) is 5.69. The van der Waals surface area contributed by atoms with Crippen LogP contribution in [0.15, 0.2) is 0 Å². The molecule has 0 aliphatic heterocycles. The first-order valence-corrected chi connectivity index (χ1v) is 3.41. The molecule has 0 atom stereocenters. The van der Waals surface area contributed by atoms with E-state index in [1.54, 1.807) is 6.07 Å². The van der Waals surface area contributed by atoms with Crippen LogP contribution in [-0.2, 0) is 6.42 Å². The molecule has 5 nitrogen and oxygen atoms in total. The van der Waals surface area contributed by atoms with Crippen LogP contribution in [0.1, 0.15) is 28.9 Å². The van der Waals surface area contributed by atoms with Gasteiger partial charge >= 0.3 is 5.97 Å². The van der Waals surface area contributed by atoms with Crippen molar-refractivity contribution in [2.75, 3.05) is 0 Å². The van der Waals surface area contributed by atoms with Gasteiger partial charge in [0.2, 0.25) is 0 Å². The molecule has 5 heteroatoms. The van der Waals surface area contributed by atoms with Gasteiger partial charge in [-0.2, -0.15) is 5.26 Å². The Bertz CT molecular complexity index is 348. The molecule has 0 fully saturated rings. The quantitative estimate of drug-likeness (QED) is 0.669. The number of carboxylic acid groups (broad SMARTS) is 1. The number of imidazole rings is 1. The van der Waals surface area contributed by atoms with E-state index in [2.05, 4.69) is 9.97 Å². The van der Waals surface area contributed by atoms with Gasteiger partial charge < -0.3 is 10.1 Å². The molecule has 62 valence electrons. The maximum Gasteiger partial charge on any atom is 0.355 e. The van der Waals surface area contributed by atoms with Crippen LogP contribution in [0, 0.1) is 11.3 Å². The smallest absolute Gasteiger partial charge is 0.355 e. The molecule has 0 unspecified atom stereocenters. The summed E-state index contributed by atoms with van der Waals surface area (Å²) in [5.41, 5.74) is -0.186. The van der Waals surface area contributed by atoms with E-state index >= 15 is 0 Å². The second-order valence-electron chi connectivity index (χ2n) is 2.18. The summed E-state index contributed by atoms with van der Waals surface area (Å²) >= 11 is 0. The van der Waals surface area contributed by atoms with Gasteiger partial charge in [0, 0.05) is 6.42 Å². The highest BCUT2D eigenvalue weighted by Crippen LogP contribution is 2.04. The molecular formula is C7H7N3O2. The summed E-state index contributed by atoms with van der Waals surface area (Å²) in [4.78, 5) is 16.8. The lowest BCUT2D eigenvalue weighted by Gasteiger charge is -1.85. The summed E-state index contributed by atoms with van der Waals surface area (Å²) in [6.07, 6.45) is 0.585. The number of aromatic carboxylic acids is 1. The lowest BCUT2D eigenvalue weighted by atomic mass is 10.3. The van der Waals surface area contributed by atoms with Crippen LogP contribution < -0.4 is 0 Å². The van der Waals surface area contributed by atoms with Crippen molar-refractivity contribution in [2.24, 2.45) is 0 Å². The molecule has 1 heterocycles. The Morgan fingerprint density at radius 1 is 1.83 bits per heavy atom. The molecule has 0 aliphatic rings. The van der Waals surface area contributed by atoms with Crippen molar-refractivity contribution < 1.29 is 9.90 Å². The number of carboxylic acids is 1. The number of hydrogen-bond acceptors (Lipinski definition) is 3. The number of carbonyl (C=O) groups is 1. The average Bonchev–Trinajstić information content (AvgIpc) is 2.47.